The lowest BCUT2D eigenvalue weighted by molar-refractivity contribution is 0.0977. The number of hydrogen-bond donors (Lipinski definition) is 2. The molecule has 0 unspecified atom stereocenters. The number of sulfonamides is 1. The van der Waals surface area contributed by atoms with Crippen LogP contribution in [0.4, 0.5) is 21.7 Å². The van der Waals surface area contributed by atoms with E-state index in [0.717, 1.165) is 23.9 Å². The lowest BCUT2D eigenvalue weighted by Crippen LogP contribution is -2.48. The minimum Gasteiger partial charge on any atom is -0.377 e. The monoisotopic (exact) mass is 654 g/mol. The van der Waals surface area contributed by atoms with Crippen LogP contribution >= 0.6 is 11.6 Å². The maximum absolute atomic E-state index is 14.3. The van der Waals surface area contributed by atoms with Gasteiger partial charge in [-0.1, -0.05) is 17.7 Å². The molecule has 5 heterocycles. The first kappa shape index (κ1) is 30.7. The molecule has 15 heteroatoms. The molecule has 2 aliphatic rings. The van der Waals surface area contributed by atoms with Crippen molar-refractivity contribution in [3.8, 4) is 0 Å². The third kappa shape index (κ3) is 5.79. The van der Waals surface area contributed by atoms with Gasteiger partial charge in [0.15, 0.2) is 5.69 Å². The summed E-state index contributed by atoms with van der Waals surface area (Å²) in [6, 6.07) is 7.97. The zero-order valence-corrected chi connectivity index (χ0v) is 26.9. The highest BCUT2D eigenvalue weighted by Gasteiger charge is 2.45. The summed E-state index contributed by atoms with van der Waals surface area (Å²) in [5, 5.41) is 3.70. The third-order valence-corrected chi connectivity index (χ3v) is 9.13. The number of halogens is 2. The molecule has 1 amide bonds. The van der Waals surface area contributed by atoms with Gasteiger partial charge in [-0.2, -0.15) is 0 Å². The topological polar surface area (TPSA) is 142 Å². The molecule has 3 atom stereocenters. The van der Waals surface area contributed by atoms with E-state index in [0.29, 0.717) is 41.2 Å². The molecule has 2 N–H and O–H groups in total. The average Bonchev–Trinajstić information content (AvgIpc) is 3.58. The van der Waals surface area contributed by atoms with Gasteiger partial charge in [-0.15, -0.1) is 0 Å². The van der Waals surface area contributed by atoms with E-state index in [2.05, 4.69) is 25.1 Å². The summed E-state index contributed by atoms with van der Waals surface area (Å²) in [6.45, 7) is 6.62. The van der Waals surface area contributed by atoms with Gasteiger partial charge < -0.3 is 15.1 Å². The van der Waals surface area contributed by atoms with Crippen molar-refractivity contribution in [2.45, 2.75) is 45.3 Å². The van der Waals surface area contributed by atoms with Crippen LogP contribution in [0.15, 0.2) is 41.3 Å². The van der Waals surface area contributed by atoms with E-state index in [-0.39, 0.29) is 40.0 Å². The van der Waals surface area contributed by atoms with Crippen LogP contribution in [0, 0.1) is 19.7 Å². The van der Waals surface area contributed by atoms with E-state index >= 15 is 0 Å². The molecule has 1 aromatic carbocycles. The third-order valence-electron chi connectivity index (χ3n) is 8.36. The molecule has 236 valence electrons. The Morgan fingerprint density at radius 3 is 2.49 bits per heavy atom. The van der Waals surface area contributed by atoms with E-state index < -0.39 is 22.0 Å². The number of carbonyl (C=O) groups is 1. The van der Waals surface area contributed by atoms with Crippen molar-refractivity contribution in [1.29, 1.82) is 0 Å². The molecule has 3 aromatic heterocycles. The van der Waals surface area contributed by atoms with Crippen molar-refractivity contribution in [3.63, 3.8) is 0 Å². The number of rotatable bonds is 7. The van der Waals surface area contributed by atoms with E-state index in [1.54, 1.807) is 36.9 Å². The Morgan fingerprint density at radius 1 is 1.11 bits per heavy atom. The predicted octanol–water partition coefficient (Wildman–Crippen LogP) is 3.46. The summed E-state index contributed by atoms with van der Waals surface area (Å²) in [5.74, 6) is -0.735. The SMILES string of the molecule is Cc1cc([C@@H](C)Nc2ccc(Cl)nc2C(=O)NS(C)(=O)=O)c2nc(N3C[C@@H]4C[C@H]3CN4c3cnc(C)c(F)c3)n(C)c(=O)c2c1. The van der Waals surface area contributed by atoms with Crippen molar-refractivity contribution in [3.05, 3.63) is 80.4 Å². The lowest BCUT2D eigenvalue weighted by Gasteiger charge is -2.36. The highest BCUT2D eigenvalue weighted by atomic mass is 35.5. The maximum Gasteiger partial charge on any atom is 0.285 e. The number of piperazine rings is 1. The number of nitrogens with one attached hydrogen (secondary N) is 2. The zero-order valence-electron chi connectivity index (χ0n) is 25.3. The molecule has 4 aromatic rings. The molecule has 2 aliphatic heterocycles. The molecule has 2 saturated heterocycles. The maximum atomic E-state index is 14.3. The Hall–Kier alpha value is -4.30. The summed E-state index contributed by atoms with van der Waals surface area (Å²) in [7, 11) is -2.14. The fourth-order valence-corrected chi connectivity index (χ4v) is 6.84. The number of hydrogen-bond acceptors (Lipinski definition) is 10. The van der Waals surface area contributed by atoms with Crippen molar-refractivity contribution in [1.82, 2.24) is 24.2 Å². The van der Waals surface area contributed by atoms with Crippen LogP contribution in [0.2, 0.25) is 5.15 Å². The van der Waals surface area contributed by atoms with Gasteiger partial charge in [0.1, 0.15) is 11.0 Å². The molecule has 45 heavy (non-hydrogen) atoms. The summed E-state index contributed by atoms with van der Waals surface area (Å²) in [4.78, 5) is 44.1. The van der Waals surface area contributed by atoms with Gasteiger partial charge in [0.25, 0.3) is 11.5 Å². The number of benzene rings is 1. The van der Waals surface area contributed by atoms with Crippen LogP contribution in [-0.4, -0.2) is 65.3 Å². The standard InChI is InChI=1S/C30H32ClFN8O4S/c1-15-8-21(16(2)34-24-6-7-25(31)35-27(24)28(41)37-45(5,43)44)26-22(9-15)29(42)38(4)30(36-26)40-14-19-10-20(40)13-39(19)18-11-23(32)17(3)33-12-18/h6-9,11-12,16,19-20,34H,10,13-14H2,1-5H3,(H,37,41)/t16-,19+,20+/m1/s1. The Balaban J connectivity index is 1.34. The number of fused-ring (bicyclic) bond motifs is 3. The van der Waals surface area contributed by atoms with Crippen LogP contribution in [-0.2, 0) is 17.1 Å². The number of anilines is 3. The van der Waals surface area contributed by atoms with Crippen molar-refractivity contribution < 1.29 is 17.6 Å². The summed E-state index contributed by atoms with van der Waals surface area (Å²) < 4.78 is 41.2. The first-order valence-electron chi connectivity index (χ1n) is 14.3. The van der Waals surface area contributed by atoms with E-state index in [1.807, 2.05) is 24.6 Å². The van der Waals surface area contributed by atoms with Crippen LogP contribution in [0.25, 0.3) is 10.9 Å². The van der Waals surface area contributed by atoms with Crippen LogP contribution < -0.4 is 25.4 Å². The average molecular weight is 655 g/mol. The van der Waals surface area contributed by atoms with Gasteiger partial charge in [-0.05, 0) is 51.0 Å². The second-order valence-corrected chi connectivity index (χ2v) is 13.9. The Morgan fingerprint density at radius 2 is 1.82 bits per heavy atom. The number of nitrogens with zero attached hydrogens (tertiary/aromatic N) is 6. The molecular formula is C30H32ClFN8O4S. The quantitative estimate of drug-likeness (QED) is 0.285. The number of amides is 1. The van der Waals surface area contributed by atoms with Crippen LogP contribution in [0.5, 0.6) is 0 Å². The summed E-state index contributed by atoms with van der Waals surface area (Å²) in [6.07, 6.45) is 3.41. The molecule has 0 aliphatic carbocycles. The summed E-state index contributed by atoms with van der Waals surface area (Å²) in [5.41, 5.74) is 3.02. The number of aryl methyl sites for hydroxylation is 2. The van der Waals surface area contributed by atoms with Gasteiger partial charge in [0.2, 0.25) is 16.0 Å². The molecular weight excluding hydrogens is 623 g/mol. The Kier molecular flexibility index (Phi) is 7.68. The van der Waals surface area contributed by atoms with Crippen molar-refractivity contribution >= 4 is 55.8 Å². The first-order valence-corrected chi connectivity index (χ1v) is 16.6. The summed E-state index contributed by atoms with van der Waals surface area (Å²) >= 11 is 6.04. The van der Waals surface area contributed by atoms with Gasteiger partial charge in [-0.25, -0.2) is 27.5 Å². The van der Waals surface area contributed by atoms with Crippen LogP contribution in [0.3, 0.4) is 0 Å². The fraction of sp³-hybridized carbons (Fsp3) is 0.367. The molecule has 2 bridgehead atoms. The van der Waals surface area contributed by atoms with Gasteiger partial charge in [-0.3, -0.25) is 19.1 Å². The second-order valence-electron chi connectivity index (χ2n) is 11.7. The van der Waals surface area contributed by atoms with Gasteiger partial charge in [0, 0.05) is 37.8 Å². The Labute approximate surface area is 264 Å². The molecule has 0 radical (unpaired) electrons. The first-order chi connectivity index (χ1) is 21.2. The molecule has 0 spiro atoms. The highest BCUT2D eigenvalue weighted by molar-refractivity contribution is 7.89. The molecule has 2 fully saturated rings. The smallest absolute Gasteiger partial charge is 0.285 e. The minimum absolute atomic E-state index is 0.0184. The lowest BCUT2D eigenvalue weighted by atomic mass is 10.0. The largest absolute Gasteiger partial charge is 0.377 e. The number of carbonyl (C=O) groups excluding carboxylic acids is 1. The molecule has 0 saturated carbocycles. The van der Waals surface area contributed by atoms with Crippen molar-refractivity contribution in [2.24, 2.45) is 7.05 Å². The predicted molar refractivity (Wildman–Crippen MR) is 171 cm³/mol. The molecule has 12 nitrogen and oxygen atoms in total. The number of aromatic nitrogens is 4. The van der Waals surface area contributed by atoms with E-state index in [1.165, 1.54) is 12.1 Å². The van der Waals surface area contributed by atoms with Gasteiger partial charge >= 0.3 is 0 Å². The van der Waals surface area contributed by atoms with E-state index in [9.17, 15) is 22.4 Å². The molecule has 6 rings (SSSR count). The van der Waals surface area contributed by atoms with Gasteiger partial charge in [0.05, 0.1) is 52.5 Å². The second kappa shape index (κ2) is 11.2. The normalized spacial score (nSPS) is 18.5. The number of pyridine rings is 2. The Bertz CT molecular complexity index is 2040. The zero-order chi connectivity index (χ0) is 32.4. The van der Waals surface area contributed by atoms with Crippen molar-refractivity contribution in [2.75, 3.05) is 34.5 Å². The van der Waals surface area contributed by atoms with Crippen LogP contribution in [0.1, 0.15) is 46.7 Å². The van der Waals surface area contributed by atoms with E-state index in [4.69, 9.17) is 16.6 Å². The highest BCUT2D eigenvalue weighted by Crippen LogP contribution is 2.37. The minimum atomic E-state index is -3.85. The fourth-order valence-electron chi connectivity index (χ4n) is 6.26.